The second-order valence-corrected chi connectivity index (χ2v) is 14.2. The molecule has 5 rings (SSSR count). The van der Waals surface area contributed by atoms with E-state index >= 15 is 0 Å². The lowest BCUT2D eigenvalue weighted by molar-refractivity contribution is -0.140. The van der Waals surface area contributed by atoms with Gasteiger partial charge in [-0.2, -0.15) is 0 Å². The van der Waals surface area contributed by atoms with Crippen molar-refractivity contribution in [3.05, 3.63) is 81.8 Å². The molecule has 1 unspecified atom stereocenters. The Kier molecular flexibility index (Phi) is 11.1. The predicted octanol–water partition coefficient (Wildman–Crippen LogP) is 3.41. The minimum Gasteiger partial charge on any atom is -0.486 e. The van der Waals surface area contributed by atoms with Crippen molar-refractivity contribution in [2.75, 3.05) is 32.8 Å². The maximum Gasteiger partial charge on any atom is 0.289 e. The van der Waals surface area contributed by atoms with Crippen molar-refractivity contribution in [2.24, 2.45) is 0 Å². The first-order valence-electron chi connectivity index (χ1n) is 14.5. The Hall–Kier alpha value is -3.33. The number of amides is 2. The molecule has 0 aliphatic carbocycles. The molecular weight excluding hydrogens is 675 g/mol. The summed E-state index contributed by atoms with van der Waals surface area (Å²) < 4.78 is 40.9. The molecule has 11 nitrogen and oxygen atoms in total. The number of rotatable bonds is 12. The Balaban J connectivity index is 1.24. The van der Waals surface area contributed by atoms with Gasteiger partial charge in [0.1, 0.15) is 25.3 Å². The van der Waals surface area contributed by atoms with Crippen LogP contribution in [0.5, 0.6) is 11.5 Å². The van der Waals surface area contributed by atoms with E-state index in [0.29, 0.717) is 37.7 Å². The summed E-state index contributed by atoms with van der Waals surface area (Å²) in [5, 5.41) is 5.57. The number of hydrogen-bond donors (Lipinski definition) is 3. The smallest absolute Gasteiger partial charge is 0.289 e. The van der Waals surface area contributed by atoms with Crippen molar-refractivity contribution >= 4 is 62.8 Å². The molecule has 3 aromatic rings. The van der Waals surface area contributed by atoms with Crippen molar-refractivity contribution in [2.45, 2.75) is 41.6 Å². The van der Waals surface area contributed by atoms with Crippen LogP contribution in [0.4, 0.5) is 0 Å². The van der Waals surface area contributed by atoms with Crippen LogP contribution in [-0.4, -0.2) is 75.3 Å². The number of carbonyl (C=O) groups is 3. The zero-order valence-electron chi connectivity index (χ0n) is 24.8. The number of nitrogens with zero attached hydrogens (tertiary/aromatic N) is 1. The van der Waals surface area contributed by atoms with Crippen LogP contribution in [0.2, 0.25) is 10.0 Å². The van der Waals surface area contributed by atoms with Gasteiger partial charge in [-0.05, 0) is 59.8 Å². The van der Waals surface area contributed by atoms with Crippen LogP contribution >= 0.6 is 35.1 Å². The van der Waals surface area contributed by atoms with E-state index < -0.39 is 39.7 Å². The minimum atomic E-state index is -3.95. The first-order chi connectivity index (χ1) is 22.1. The van der Waals surface area contributed by atoms with Crippen molar-refractivity contribution in [1.82, 2.24) is 19.7 Å². The molecule has 2 amide bonds. The topological polar surface area (TPSA) is 143 Å². The first kappa shape index (κ1) is 34.0. The molecule has 46 heavy (non-hydrogen) atoms. The van der Waals surface area contributed by atoms with Crippen LogP contribution in [0, 0.1) is 0 Å². The fraction of sp³-hybridized carbons (Fsp3) is 0.323. The molecule has 2 atom stereocenters. The molecule has 3 N–H and O–H groups in total. The van der Waals surface area contributed by atoms with Gasteiger partial charge in [-0.25, -0.2) is 17.4 Å². The lowest BCUT2D eigenvalue weighted by atomic mass is 9.99. The quantitative estimate of drug-likeness (QED) is 0.147. The summed E-state index contributed by atoms with van der Waals surface area (Å²) in [6.07, 6.45) is 0.458. The molecule has 15 heteroatoms. The Morgan fingerprint density at radius 3 is 2.39 bits per heavy atom. The van der Waals surface area contributed by atoms with Crippen molar-refractivity contribution in [3.8, 4) is 11.5 Å². The minimum absolute atomic E-state index is 0.0792. The van der Waals surface area contributed by atoms with Gasteiger partial charge in [0.25, 0.3) is 5.91 Å². The molecule has 0 fully saturated rings. The summed E-state index contributed by atoms with van der Waals surface area (Å²) in [7, 11) is -3.95. The molecular formula is C31H32Cl2N4O7S2. The molecule has 244 valence electrons. The molecule has 0 saturated carbocycles. The van der Waals surface area contributed by atoms with E-state index in [1.807, 2.05) is 29.4 Å². The Bertz CT molecular complexity index is 1730. The zero-order valence-corrected chi connectivity index (χ0v) is 27.9. The average molecular weight is 708 g/mol. The normalized spacial score (nSPS) is 16.6. The van der Waals surface area contributed by atoms with Gasteiger partial charge in [0.15, 0.2) is 11.5 Å². The fourth-order valence-corrected chi connectivity index (χ4v) is 7.55. The number of nitrogens with one attached hydrogen (secondary N) is 3. The van der Waals surface area contributed by atoms with Crippen LogP contribution < -0.4 is 24.8 Å². The maximum absolute atomic E-state index is 13.7. The number of benzene rings is 3. The molecule has 0 aromatic heterocycles. The van der Waals surface area contributed by atoms with Crippen molar-refractivity contribution in [1.29, 1.82) is 0 Å². The van der Waals surface area contributed by atoms with E-state index in [-0.39, 0.29) is 34.5 Å². The highest BCUT2D eigenvalue weighted by atomic mass is 35.5. The number of sulfonamides is 1. The number of carbonyl (C=O) groups excluding carboxylic acids is 3. The van der Waals surface area contributed by atoms with E-state index in [1.165, 1.54) is 30.1 Å². The number of Topliss-reactive ketones (excluding diaryl/α,β-unsaturated/α-hetero) is 1. The number of ketones is 1. The predicted molar refractivity (Wildman–Crippen MR) is 175 cm³/mol. The van der Waals surface area contributed by atoms with E-state index in [2.05, 4.69) is 15.4 Å². The van der Waals surface area contributed by atoms with Crippen LogP contribution in [0.15, 0.2) is 70.5 Å². The lowest BCUT2D eigenvalue weighted by Crippen LogP contribution is -2.55. The van der Waals surface area contributed by atoms with Gasteiger partial charge in [-0.1, -0.05) is 60.5 Å². The summed E-state index contributed by atoms with van der Waals surface area (Å²) >= 11 is 13.2. The van der Waals surface area contributed by atoms with Crippen molar-refractivity contribution in [3.63, 3.8) is 0 Å². The SMILES string of the molecule is CCN1Sc2cc3c(cc2CC1C(=O)N[C@@H](Cc1ccccc1)C(=O)C(=O)NCCNS(=O)(=O)c1ccc(Cl)c(Cl)c1)OCCO3. The number of fused-ring (bicyclic) bond motifs is 2. The molecule has 2 heterocycles. The van der Waals surface area contributed by atoms with Crippen LogP contribution in [0.25, 0.3) is 0 Å². The number of halogens is 2. The Labute approximate surface area is 281 Å². The van der Waals surface area contributed by atoms with Crippen LogP contribution in [0.3, 0.4) is 0 Å². The van der Waals surface area contributed by atoms with Gasteiger partial charge < -0.3 is 20.1 Å². The second kappa shape index (κ2) is 15.1. The third-order valence-corrected chi connectivity index (χ3v) is 10.9. The van der Waals surface area contributed by atoms with Crippen LogP contribution in [-0.2, 0) is 37.2 Å². The summed E-state index contributed by atoms with van der Waals surface area (Å²) in [6.45, 7) is 3.03. The molecule has 0 radical (unpaired) electrons. The molecule has 2 aliphatic rings. The summed E-state index contributed by atoms with van der Waals surface area (Å²) in [5.41, 5.74) is 1.67. The van der Waals surface area contributed by atoms with Gasteiger partial charge in [0.05, 0.1) is 14.9 Å². The van der Waals surface area contributed by atoms with E-state index in [1.54, 1.807) is 24.3 Å². The monoisotopic (exact) mass is 706 g/mol. The summed E-state index contributed by atoms with van der Waals surface area (Å²) in [6, 6.07) is 15.0. The molecule has 0 bridgehead atoms. The first-order valence-corrected chi connectivity index (χ1v) is 17.5. The second-order valence-electron chi connectivity index (χ2n) is 10.5. The van der Waals surface area contributed by atoms with Gasteiger partial charge in [0, 0.05) is 31.0 Å². The summed E-state index contributed by atoms with van der Waals surface area (Å²) in [4.78, 5) is 41.0. The average Bonchev–Trinajstić information content (AvgIpc) is 3.05. The highest BCUT2D eigenvalue weighted by molar-refractivity contribution is 7.97. The largest absolute Gasteiger partial charge is 0.486 e. The highest BCUT2D eigenvalue weighted by Crippen LogP contribution is 2.42. The Morgan fingerprint density at radius 1 is 0.978 bits per heavy atom. The van der Waals surface area contributed by atoms with E-state index in [9.17, 15) is 22.8 Å². The lowest BCUT2D eigenvalue weighted by Gasteiger charge is -2.35. The highest BCUT2D eigenvalue weighted by Gasteiger charge is 2.36. The third-order valence-electron chi connectivity index (χ3n) is 7.36. The molecule has 0 saturated heterocycles. The standard InChI is InChI=1S/C31H32Cl2N4O7S2/c1-2-37-25(15-20-16-26-27(18-28(20)45-37)44-13-12-43-26)30(39)36-24(14-19-6-4-3-5-7-19)29(38)31(40)34-10-11-35-46(41,42)21-8-9-22(32)23(33)17-21/h3-9,16-18,24-25,35H,2,10-15H2,1H3,(H,34,40)(H,36,39)/t24-,25?/m0/s1. The number of ether oxygens (including phenoxy) is 2. The van der Waals surface area contributed by atoms with Gasteiger partial charge in [0.2, 0.25) is 21.7 Å². The number of likely N-dealkylation sites (N-methyl/N-ethyl adjacent to an activating group) is 1. The van der Waals surface area contributed by atoms with E-state index in [4.69, 9.17) is 32.7 Å². The van der Waals surface area contributed by atoms with Gasteiger partial charge in [-0.15, -0.1) is 0 Å². The summed E-state index contributed by atoms with van der Waals surface area (Å²) in [5.74, 6) is -0.905. The van der Waals surface area contributed by atoms with Gasteiger partial charge in [-0.3, -0.25) is 14.4 Å². The zero-order chi connectivity index (χ0) is 32.8. The molecule has 2 aliphatic heterocycles. The number of hydrogen-bond acceptors (Lipinski definition) is 9. The Morgan fingerprint density at radius 2 is 1.70 bits per heavy atom. The maximum atomic E-state index is 13.7. The van der Waals surface area contributed by atoms with E-state index in [0.717, 1.165) is 16.0 Å². The fourth-order valence-electron chi connectivity index (χ4n) is 5.03. The van der Waals surface area contributed by atoms with Crippen LogP contribution in [0.1, 0.15) is 18.1 Å². The third kappa shape index (κ3) is 8.14. The molecule has 3 aromatic carbocycles. The molecule has 0 spiro atoms. The van der Waals surface area contributed by atoms with Crippen molar-refractivity contribution < 1.29 is 32.3 Å². The van der Waals surface area contributed by atoms with Gasteiger partial charge >= 0.3 is 0 Å².